The Balaban J connectivity index is 2.34. The van der Waals surface area contributed by atoms with E-state index in [-0.39, 0.29) is 27.2 Å². The van der Waals surface area contributed by atoms with Gasteiger partial charge >= 0.3 is 0 Å². The van der Waals surface area contributed by atoms with Gasteiger partial charge in [0.05, 0.1) is 15.7 Å². The highest BCUT2D eigenvalue weighted by Gasteiger charge is 2.14. The molecule has 0 saturated heterocycles. The highest BCUT2D eigenvalue weighted by atomic mass is 35.5. The first-order valence-electron chi connectivity index (χ1n) is 6.01. The predicted molar refractivity (Wildman–Crippen MR) is 82.4 cm³/mol. The molecular weight excluding hydrogens is 335 g/mol. The summed E-state index contributed by atoms with van der Waals surface area (Å²) in [5, 5.41) is 9.92. The summed E-state index contributed by atoms with van der Waals surface area (Å²) in [6.45, 7) is 1.56. The van der Waals surface area contributed by atoms with E-state index in [4.69, 9.17) is 27.9 Å². The van der Waals surface area contributed by atoms with Gasteiger partial charge in [-0.15, -0.1) is 0 Å². The SMILES string of the molecule is CCS(=O)(=O)c1ccc(Oc2cc(O)cc(Cl)c2)c(Cl)c1. The minimum atomic E-state index is -3.32. The van der Waals surface area contributed by atoms with Crippen LogP contribution in [-0.4, -0.2) is 19.3 Å². The van der Waals surface area contributed by atoms with E-state index >= 15 is 0 Å². The number of benzene rings is 2. The maximum atomic E-state index is 11.8. The zero-order valence-corrected chi connectivity index (χ0v) is 13.3. The molecule has 2 aromatic carbocycles. The molecular formula is C14H12Cl2O4S. The van der Waals surface area contributed by atoms with Gasteiger partial charge in [-0.1, -0.05) is 30.1 Å². The van der Waals surface area contributed by atoms with Gasteiger partial charge < -0.3 is 9.84 Å². The average molecular weight is 347 g/mol. The zero-order valence-electron chi connectivity index (χ0n) is 11.0. The minimum absolute atomic E-state index is 0.00824. The van der Waals surface area contributed by atoms with E-state index < -0.39 is 9.84 Å². The summed E-state index contributed by atoms with van der Waals surface area (Å²) >= 11 is 11.8. The van der Waals surface area contributed by atoms with Gasteiger partial charge in [-0.25, -0.2) is 8.42 Å². The quantitative estimate of drug-likeness (QED) is 0.896. The molecule has 0 bridgehead atoms. The number of rotatable bonds is 4. The molecule has 0 spiro atoms. The van der Waals surface area contributed by atoms with Crippen molar-refractivity contribution < 1.29 is 18.3 Å². The molecule has 0 atom stereocenters. The Labute approximate surface area is 132 Å². The van der Waals surface area contributed by atoms with Crippen LogP contribution in [0.5, 0.6) is 17.2 Å². The normalized spacial score (nSPS) is 11.4. The van der Waals surface area contributed by atoms with Crippen LogP contribution in [-0.2, 0) is 9.84 Å². The molecule has 0 radical (unpaired) electrons. The highest BCUT2D eigenvalue weighted by molar-refractivity contribution is 7.91. The zero-order chi connectivity index (χ0) is 15.6. The second kappa shape index (κ2) is 6.13. The molecule has 21 heavy (non-hydrogen) atoms. The fourth-order valence-electron chi connectivity index (χ4n) is 1.66. The third-order valence-corrected chi connectivity index (χ3v) is 4.97. The monoisotopic (exact) mass is 346 g/mol. The second-order valence-electron chi connectivity index (χ2n) is 4.24. The molecule has 112 valence electrons. The van der Waals surface area contributed by atoms with Crippen molar-refractivity contribution in [3.8, 4) is 17.2 Å². The Hall–Kier alpha value is -1.43. The Morgan fingerprint density at radius 3 is 2.43 bits per heavy atom. The van der Waals surface area contributed by atoms with E-state index in [1.54, 1.807) is 6.92 Å². The molecule has 0 aromatic heterocycles. The molecule has 2 aromatic rings. The molecule has 0 unspecified atom stereocenters. The number of halogens is 2. The number of hydrogen-bond donors (Lipinski definition) is 1. The van der Waals surface area contributed by atoms with Crippen LogP contribution in [0.4, 0.5) is 0 Å². The second-order valence-corrected chi connectivity index (χ2v) is 7.36. The van der Waals surface area contributed by atoms with Crippen LogP contribution < -0.4 is 4.74 Å². The van der Waals surface area contributed by atoms with E-state index in [1.807, 2.05) is 0 Å². The largest absolute Gasteiger partial charge is 0.508 e. The molecule has 0 aliphatic rings. The number of hydrogen-bond acceptors (Lipinski definition) is 4. The van der Waals surface area contributed by atoms with Gasteiger partial charge in [-0.3, -0.25) is 0 Å². The molecule has 0 aliphatic heterocycles. The van der Waals surface area contributed by atoms with Crippen LogP contribution >= 0.6 is 23.2 Å². The van der Waals surface area contributed by atoms with E-state index in [9.17, 15) is 13.5 Å². The van der Waals surface area contributed by atoms with Gasteiger partial charge in [0.25, 0.3) is 0 Å². The number of aromatic hydroxyl groups is 1. The Bertz CT molecular complexity index is 752. The van der Waals surface area contributed by atoms with Crippen LogP contribution in [0, 0.1) is 0 Å². The van der Waals surface area contributed by atoms with E-state index in [0.717, 1.165) is 0 Å². The van der Waals surface area contributed by atoms with Crippen LogP contribution in [0.2, 0.25) is 10.0 Å². The van der Waals surface area contributed by atoms with Crippen LogP contribution in [0.15, 0.2) is 41.3 Å². The lowest BCUT2D eigenvalue weighted by Crippen LogP contribution is -2.03. The number of ether oxygens (including phenoxy) is 1. The minimum Gasteiger partial charge on any atom is -0.508 e. The molecule has 0 heterocycles. The standard InChI is InChI=1S/C14H12Cl2O4S/c1-2-21(18,19)12-3-4-14(13(16)8-12)20-11-6-9(15)5-10(17)7-11/h3-8,17H,2H2,1H3. The Morgan fingerprint density at radius 1 is 1.14 bits per heavy atom. The van der Waals surface area contributed by atoms with Crippen molar-refractivity contribution in [1.29, 1.82) is 0 Å². The number of phenolic OH excluding ortho intramolecular Hbond substituents is 1. The van der Waals surface area contributed by atoms with Gasteiger partial charge in [-0.05, 0) is 30.3 Å². The van der Waals surface area contributed by atoms with Crippen molar-refractivity contribution in [2.24, 2.45) is 0 Å². The molecule has 7 heteroatoms. The number of sulfone groups is 1. The van der Waals surface area contributed by atoms with Crippen LogP contribution in [0.3, 0.4) is 0 Å². The molecule has 0 aliphatic carbocycles. The van der Waals surface area contributed by atoms with Crippen molar-refractivity contribution in [3.05, 3.63) is 46.4 Å². The molecule has 0 amide bonds. The third kappa shape index (κ3) is 3.81. The summed E-state index contributed by atoms with van der Waals surface area (Å²) in [4.78, 5) is 0.135. The predicted octanol–water partition coefficient (Wildman–Crippen LogP) is 4.28. The topological polar surface area (TPSA) is 63.6 Å². The smallest absolute Gasteiger partial charge is 0.178 e. The lowest BCUT2D eigenvalue weighted by Gasteiger charge is -2.10. The maximum Gasteiger partial charge on any atom is 0.178 e. The van der Waals surface area contributed by atoms with E-state index in [0.29, 0.717) is 10.8 Å². The highest BCUT2D eigenvalue weighted by Crippen LogP contribution is 2.34. The van der Waals surface area contributed by atoms with Gasteiger partial charge in [0.15, 0.2) is 9.84 Å². The molecule has 4 nitrogen and oxygen atoms in total. The maximum absolute atomic E-state index is 11.8. The van der Waals surface area contributed by atoms with Crippen molar-refractivity contribution in [2.75, 3.05) is 5.75 Å². The summed E-state index contributed by atoms with van der Waals surface area (Å²) in [6.07, 6.45) is 0. The molecule has 2 rings (SSSR count). The number of phenols is 1. The third-order valence-electron chi connectivity index (χ3n) is 2.73. The fraction of sp³-hybridized carbons (Fsp3) is 0.143. The first-order chi connectivity index (χ1) is 9.81. The Morgan fingerprint density at radius 2 is 1.86 bits per heavy atom. The first kappa shape index (κ1) is 15.9. The lowest BCUT2D eigenvalue weighted by atomic mass is 10.3. The summed E-state index contributed by atoms with van der Waals surface area (Å²) in [5.41, 5.74) is 0. The van der Waals surface area contributed by atoms with Gasteiger partial charge in [0.2, 0.25) is 0 Å². The van der Waals surface area contributed by atoms with Crippen molar-refractivity contribution in [1.82, 2.24) is 0 Å². The van der Waals surface area contributed by atoms with E-state index in [2.05, 4.69) is 0 Å². The summed E-state index contributed by atoms with van der Waals surface area (Å²) < 4.78 is 29.0. The van der Waals surface area contributed by atoms with Crippen molar-refractivity contribution >= 4 is 33.0 Å². The average Bonchev–Trinajstić information content (AvgIpc) is 2.40. The van der Waals surface area contributed by atoms with E-state index in [1.165, 1.54) is 36.4 Å². The first-order valence-corrected chi connectivity index (χ1v) is 8.42. The summed E-state index contributed by atoms with van der Waals surface area (Å²) in [5.74, 6) is 0.520. The van der Waals surface area contributed by atoms with Crippen LogP contribution in [0.1, 0.15) is 6.92 Å². The Kier molecular flexibility index (Phi) is 4.66. The van der Waals surface area contributed by atoms with Gasteiger partial charge in [-0.2, -0.15) is 0 Å². The lowest BCUT2D eigenvalue weighted by molar-refractivity contribution is 0.455. The fourth-order valence-corrected chi connectivity index (χ4v) is 3.07. The van der Waals surface area contributed by atoms with Gasteiger partial charge in [0.1, 0.15) is 17.2 Å². The molecule has 0 fully saturated rings. The summed E-state index contributed by atoms with van der Waals surface area (Å²) in [6, 6.07) is 8.47. The van der Waals surface area contributed by atoms with Crippen LogP contribution in [0.25, 0.3) is 0 Å². The van der Waals surface area contributed by atoms with Crippen molar-refractivity contribution in [2.45, 2.75) is 11.8 Å². The summed E-state index contributed by atoms with van der Waals surface area (Å²) in [7, 11) is -3.32. The van der Waals surface area contributed by atoms with Gasteiger partial charge in [0, 0.05) is 11.1 Å². The molecule has 1 N–H and O–H groups in total. The van der Waals surface area contributed by atoms with Crippen molar-refractivity contribution in [3.63, 3.8) is 0 Å². The molecule has 0 saturated carbocycles.